The van der Waals surface area contributed by atoms with Gasteiger partial charge in [-0.15, -0.1) is 11.3 Å². The lowest BCUT2D eigenvalue weighted by Crippen LogP contribution is -2.33. The van der Waals surface area contributed by atoms with Crippen molar-refractivity contribution in [2.75, 3.05) is 32.8 Å². The minimum atomic E-state index is -0.752. The smallest absolute Gasteiger partial charge is 0.237 e. The molecule has 1 aliphatic carbocycles. The number of carbonyl (C=O) groups excluding carboxylic acids is 2. The summed E-state index contributed by atoms with van der Waals surface area (Å²) in [5.41, 5.74) is 3.04. The topological polar surface area (TPSA) is 67.9 Å². The van der Waals surface area contributed by atoms with E-state index in [4.69, 9.17) is 9.47 Å². The lowest BCUT2D eigenvalue weighted by atomic mass is 9.71. The Morgan fingerprint density at radius 3 is 2.39 bits per heavy atom. The number of hydrogen-bond acceptors (Lipinski definition) is 6. The number of benzene rings is 3. The van der Waals surface area contributed by atoms with Crippen LogP contribution in [0.4, 0.5) is 0 Å². The SMILES string of the molecule is O=C1NC(=O)C2(CCCCOc3ccc(-c4sc5ccccc5c4Cc4ccc(OCCN5CCCC5)cc4)cc3)C=CC=CC12. The predicted molar refractivity (Wildman–Crippen MR) is 184 cm³/mol. The molecule has 236 valence electrons. The number of allylic oxidation sites excluding steroid dienone is 2. The predicted octanol–water partition coefficient (Wildman–Crippen LogP) is 7.57. The number of imide groups is 1. The molecule has 7 heteroatoms. The van der Waals surface area contributed by atoms with Crippen molar-refractivity contribution in [2.24, 2.45) is 11.3 Å². The maximum Gasteiger partial charge on any atom is 0.237 e. The first-order chi connectivity index (χ1) is 22.6. The summed E-state index contributed by atoms with van der Waals surface area (Å²) in [4.78, 5) is 28.6. The quantitative estimate of drug-likeness (QED) is 0.122. The molecule has 2 atom stereocenters. The van der Waals surface area contributed by atoms with E-state index in [2.05, 4.69) is 70.9 Å². The second kappa shape index (κ2) is 13.7. The fraction of sp³-hybridized carbons (Fsp3) is 0.333. The van der Waals surface area contributed by atoms with Crippen LogP contribution in [0.2, 0.25) is 0 Å². The first-order valence-corrected chi connectivity index (χ1v) is 17.3. The summed E-state index contributed by atoms with van der Waals surface area (Å²) in [5.74, 6) is 0.974. The van der Waals surface area contributed by atoms with Gasteiger partial charge in [0.1, 0.15) is 18.1 Å². The average Bonchev–Trinajstić information content (AvgIpc) is 3.80. The number of likely N-dealkylation sites (tertiary alicyclic amines) is 1. The van der Waals surface area contributed by atoms with Crippen molar-refractivity contribution in [3.05, 3.63) is 108 Å². The van der Waals surface area contributed by atoms with Crippen LogP contribution in [0.3, 0.4) is 0 Å². The fourth-order valence-electron chi connectivity index (χ4n) is 7.00. The maximum atomic E-state index is 12.6. The Kier molecular flexibility index (Phi) is 9.04. The molecular formula is C39H40N2O4S. The molecule has 0 saturated carbocycles. The van der Waals surface area contributed by atoms with Gasteiger partial charge in [-0.1, -0.05) is 54.6 Å². The monoisotopic (exact) mass is 632 g/mol. The van der Waals surface area contributed by atoms with E-state index in [1.165, 1.54) is 57.6 Å². The highest BCUT2D eigenvalue weighted by Gasteiger charge is 2.52. The van der Waals surface area contributed by atoms with E-state index in [-0.39, 0.29) is 11.8 Å². The van der Waals surface area contributed by atoms with Crippen LogP contribution >= 0.6 is 11.3 Å². The van der Waals surface area contributed by atoms with Gasteiger partial charge in [0.25, 0.3) is 0 Å². The minimum absolute atomic E-state index is 0.186. The molecule has 7 rings (SSSR count). The van der Waals surface area contributed by atoms with Crippen LogP contribution in [0, 0.1) is 11.3 Å². The zero-order valence-electron chi connectivity index (χ0n) is 26.1. The van der Waals surface area contributed by atoms with Crippen LogP contribution in [-0.2, 0) is 16.0 Å². The van der Waals surface area contributed by atoms with Gasteiger partial charge in [-0.25, -0.2) is 0 Å². The van der Waals surface area contributed by atoms with Gasteiger partial charge >= 0.3 is 0 Å². The molecular weight excluding hydrogens is 593 g/mol. The van der Waals surface area contributed by atoms with Crippen molar-refractivity contribution in [3.8, 4) is 21.9 Å². The molecule has 46 heavy (non-hydrogen) atoms. The van der Waals surface area contributed by atoms with E-state index in [1.54, 1.807) is 0 Å². The lowest BCUT2D eigenvalue weighted by molar-refractivity contribution is -0.127. The van der Waals surface area contributed by atoms with Gasteiger partial charge in [0, 0.05) is 16.1 Å². The van der Waals surface area contributed by atoms with Crippen LogP contribution in [0.5, 0.6) is 11.5 Å². The average molecular weight is 633 g/mol. The molecule has 2 aliphatic heterocycles. The first-order valence-electron chi connectivity index (χ1n) is 16.5. The number of fused-ring (bicyclic) bond motifs is 2. The first kappa shape index (κ1) is 30.5. The van der Waals surface area contributed by atoms with Crippen molar-refractivity contribution in [2.45, 2.75) is 38.5 Å². The van der Waals surface area contributed by atoms with E-state index in [0.717, 1.165) is 43.9 Å². The molecule has 3 aromatic carbocycles. The number of rotatable bonds is 13. The van der Waals surface area contributed by atoms with Gasteiger partial charge in [-0.05, 0) is 116 Å². The Morgan fingerprint density at radius 2 is 1.59 bits per heavy atom. The summed E-state index contributed by atoms with van der Waals surface area (Å²) >= 11 is 1.84. The number of carbonyl (C=O) groups is 2. The number of amides is 2. The van der Waals surface area contributed by atoms with Gasteiger partial charge in [0.15, 0.2) is 0 Å². The summed E-state index contributed by atoms with van der Waals surface area (Å²) in [6.07, 6.45) is 13.1. The number of unbranched alkanes of at least 4 members (excludes halogenated alkanes) is 1. The van der Waals surface area contributed by atoms with E-state index in [0.29, 0.717) is 13.0 Å². The van der Waals surface area contributed by atoms with Crippen LogP contribution < -0.4 is 14.8 Å². The van der Waals surface area contributed by atoms with Crippen molar-refractivity contribution < 1.29 is 19.1 Å². The lowest BCUT2D eigenvalue weighted by Gasteiger charge is -2.28. The molecule has 3 heterocycles. The van der Waals surface area contributed by atoms with Gasteiger partial charge in [-0.3, -0.25) is 19.8 Å². The number of hydrogen-bond donors (Lipinski definition) is 1. The molecule has 2 unspecified atom stereocenters. The van der Waals surface area contributed by atoms with Crippen molar-refractivity contribution >= 4 is 33.2 Å². The minimum Gasteiger partial charge on any atom is -0.494 e. The fourth-order valence-corrected chi connectivity index (χ4v) is 8.23. The molecule has 6 nitrogen and oxygen atoms in total. The molecule has 1 aromatic heterocycles. The van der Waals surface area contributed by atoms with E-state index < -0.39 is 11.3 Å². The van der Waals surface area contributed by atoms with Crippen LogP contribution in [0.15, 0.2) is 97.1 Å². The highest BCUT2D eigenvalue weighted by molar-refractivity contribution is 7.22. The molecule has 0 bridgehead atoms. The van der Waals surface area contributed by atoms with Crippen molar-refractivity contribution in [1.82, 2.24) is 10.2 Å². The Morgan fingerprint density at radius 1 is 0.848 bits per heavy atom. The summed E-state index contributed by atoms with van der Waals surface area (Å²) < 4.78 is 13.4. The summed E-state index contributed by atoms with van der Waals surface area (Å²) in [6, 6.07) is 25.6. The summed E-state index contributed by atoms with van der Waals surface area (Å²) in [6.45, 7) is 4.67. The van der Waals surface area contributed by atoms with Crippen molar-refractivity contribution in [1.29, 1.82) is 0 Å². The Hall–Kier alpha value is -4.20. The molecule has 0 spiro atoms. The number of nitrogens with zero attached hydrogens (tertiary/aromatic N) is 1. The number of thiophene rings is 1. The van der Waals surface area contributed by atoms with Crippen LogP contribution in [-0.4, -0.2) is 49.6 Å². The maximum absolute atomic E-state index is 12.6. The molecule has 0 radical (unpaired) electrons. The van der Waals surface area contributed by atoms with Crippen LogP contribution in [0.1, 0.15) is 43.2 Å². The zero-order chi connectivity index (χ0) is 31.3. The van der Waals surface area contributed by atoms with E-state index in [9.17, 15) is 9.59 Å². The number of nitrogens with one attached hydrogen (secondary N) is 1. The van der Waals surface area contributed by atoms with Gasteiger partial charge in [0.2, 0.25) is 11.8 Å². The molecule has 4 aromatic rings. The Bertz CT molecular complexity index is 1750. The Labute approximate surface area is 274 Å². The molecule has 2 saturated heterocycles. The molecule has 2 amide bonds. The second-order valence-corrected chi connectivity index (χ2v) is 13.6. The summed E-state index contributed by atoms with van der Waals surface area (Å²) in [5, 5.41) is 3.81. The zero-order valence-corrected chi connectivity index (χ0v) is 26.9. The third-order valence-corrected chi connectivity index (χ3v) is 10.8. The molecule has 2 fully saturated rings. The van der Waals surface area contributed by atoms with Gasteiger partial charge < -0.3 is 9.47 Å². The second-order valence-electron chi connectivity index (χ2n) is 12.5. The standard InChI is InChI=1S/C39H40N2O4S/c42-37-34-10-3-4-20-39(34,38(43)40-37)21-5-8-25-44-31-18-14-29(15-19-31)36-33(32-9-1-2-11-35(32)46-36)27-28-12-16-30(17-13-28)45-26-24-41-22-6-7-23-41/h1-4,9-20,34H,5-8,21-27H2,(H,40,42,43). The number of ether oxygens (including phenoxy) is 2. The molecule has 3 aliphatic rings. The van der Waals surface area contributed by atoms with Gasteiger partial charge in [0.05, 0.1) is 17.9 Å². The Balaban J connectivity index is 0.965. The third kappa shape index (κ3) is 6.39. The van der Waals surface area contributed by atoms with Gasteiger partial charge in [-0.2, -0.15) is 0 Å². The highest BCUT2D eigenvalue weighted by Crippen LogP contribution is 2.43. The molecule has 1 N–H and O–H groups in total. The van der Waals surface area contributed by atoms with Crippen molar-refractivity contribution in [3.63, 3.8) is 0 Å². The summed E-state index contributed by atoms with van der Waals surface area (Å²) in [7, 11) is 0. The third-order valence-electron chi connectivity index (χ3n) is 9.55. The normalized spacial score (nSPS) is 20.7. The largest absolute Gasteiger partial charge is 0.494 e. The highest BCUT2D eigenvalue weighted by atomic mass is 32.1. The van der Waals surface area contributed by atoms with E-state index in [1.807, 2.05) is 47.8 Å². The van der Waals surface area contributed by atoms with Crippen LogP contribution in [0.25, 0.3) is 20.5 Å². The van der Waals surface area contributed by atoms with E-state index >= 15 is 0 Å².